The highest BCUT2D eigenvalue weighted by Crippen LogP contribution is 2.39. The van der Waals surface area contributed by atoms with Crippen molar-refractivity contribution in [1.82, 2.24) is 0 Å². The fourth-order valence-corrected chi connectivity index (χ4v) is 3.02. The predicted molar refractivity (Wildman–Crippen MR) is 94.7 cm³/mol. The molecule has 1 N–H and O–H groups in total. The first-order valence-electron chi connectivity index (χ1n) is 8.75. The SMILES string of the molecule is C=CCOC(=O)C1=C[C@H](c2ccc(F)cc2)[C@@H](CCCO)[C@H](OCC)O1. The molecule has 0 spiro atoms. The predicted octanol–water partition coefficient (Wildman–Crippen LogP) is 3.30. The van der Waals surface area contributed by atoms with Crippen LogP contribution in [0.1, 0.15) is 31.2 Å². The van der Waals surface area contributed by atoms with E-state index < -0.39 is 12.3 Å². The molecule has 0 amide bonds. The van der Waals surface area contributed by atoms with Crippen LogP contribution >= 0.6 is 0 Å². The Labute approximate surface area is 153 Å². The lowest BCUT2D eigenvalue weighted by Gasteiger charge is -2.36. The van der Waals surface area contributed by atoms with E-state index in [1.807, 2.05) is 6.92 Å². The molecule has 0 radical (unpaired) electrons. The molecule has 1 aliphatic heterocycles. The van der Waals surface area contributed by atoms with Gasteiger partial charge in [-0.2, -0.15) is 0 Å². The smallest absolute Gasteiger partial charge is 0.373 e. The van der Waals surface area contributed by atoms with Gasteiger partial charge in [0.2, 0.25) is 12.0 Å². The Kier molecular flexibility index (Phi) is 7.81. The minimum atomic E-state index is -0.655. The van der Waals surface area contributed by atoms with E-state index in [1.54, 1.807) is 18.2 Å². The summed E-state index contributed by atoms with van der Waals surface area (Å²) in [5.74, 6) is -1.20. The van der Waals surface area contributed by atoms with Crippen LogP contribution in [0.15, 0.2) is 48.8 Å². The van der Waals surface area contributed by atoms with Crippen LogP contribution in [0.3, 0.4) is 0 Å². The van der Waals surface area contributed by atoms with E-state index in [1.165, 1.54) is 18.2 Å². The maximum absolute atomic E-state index is 13.3. The summed E-state index contributed by atoms with van der Waals surface area (Å²) in [5, 5.41) is 9.21. The van der Waals surface area contributed by atoms with E-state index in [0.29, 0.717) is 19.4 Å². The van der Waals surface area contributed by atoms with Crippen LogP contribution in [0.2, 0.25) is 0 Å². The summed E-state index contributed by atoms with van der Waals surface area (Å²) in [6.07, 6.45) is 3.71. The zero-order valence-corrected chi connectivity index (χ0v) is 14.9. The van der Waals surface area contributed by atoms with Gasteiger partial charge in [0.15, 0.2) is 0 Å². The molecular formula is C20H25FO5. The lowest BCUT2D eigenvalue weighted by atomic mass is 9.80. The second-order valence-electron chi connectivity index (χ2n) is 5.97. The van der Waals surface area contributed by atoms with Crippen molar-refractivity contribution in [2.75, 3.05) is 19.8 Å². The first-order valence-corrected chi connectivity index (χ1v) is 8.75. The van der Waals surface area contributed by atoms with Crippen molar-refractivity contribution in [1.29, 1.82) is 0 Å². The molecule has 0 saturated heterocycles. The number of carbonyl (C=O) groups excluding carboxylic acids is 1. The Hall–Kier alpha value is -2.18. The molecule has 0 saturated carbocycles. The zero-order valence-electron chi connectivity index (χ0n) is 14.9. The van der Waals surface area contributed by atoms with Gasteiger partial charge in [0.05, 0.1) is 0 Å². The van der Waals surface area contributed by atoms with Crippen molar-refractivity contribution < 1.29 is 28.5 Å². The molecule has 0 bridgehead atoms. The van der Waals surface area contributed by atoms with E-state index in [0.717, 1.165) is 5.56 Å². The second-order valence-corrected chi connectivity index (χ2v) is 5.97. The number of ether oxygens (including phenoxy) is 3. The quantitative estimate of drug-likeness (QED) is 0.538. The summed E-state index contributed by atoms with van der Waals surface area (Å²) in [7, 11) is 0. The fraction of sp³-hybridized carbons (Fsp3) is 0.450. The maximum atomic E-state index is 13.3. The van der Waals surface area contributed by atoms with Crippen LogP contribution in [-0.4, -0.2) is 37.2 Å². The number of aliphatic hydroxyl groups is 1. The van der Waals surface area contributed by atoms with Crippen LogP contribution in [0.4, 0.5) is 4.39 Å². The molecule has 142 valence electrons. The molecule has 3 atom stereocenters. The van der Waals surface area contributed by atoms with Crippen LogP contribution in [0.5, 0.6) is 0 Å². The van der Waals surface area contributed by atoms with Crippen molar-refractivity contribution in [2.24, 2.45) is 5.92 Å². The van der Waals surface area contributed by atoms with Gasteiger partial charge in [-0.25, -0.2) is 9.18 Å². The van der Waals surface area contributed by atoms with Gasteiger partial charge in [-0.1, -0.05) is 24.8 Å². The van der Waals surface area contributed by atoms with Gasteiger partial charge in [-0.3, -0.25) is 0 Å². The Bertz CT molecular complexity index is 626. The van der Waals surface area contributed by atoms with Gasteiger partial charge in [0, 0.05) is 25.0 Å². The number of benzene rings is 1. The molecule has 0 unspecified atom stereocenters. The number of hydrogen-bond donors (Lipinski definition) is 1. The standard InChI is InChI=1S/C20H25FO5/c1-3-12-25-19(23)18-13-17(14-7-9-15(21)10-8-14)16(6-5-11-22)20(26-18)24-4-2/h3,7-10,13,16-17,20,22H,1,4-6,11-12H2,2H3/t16-,17-,20-/m1/s1. The molecule has 5 nitrogen and oxygen atoms in total. The number of hydrogen-bond acceptors (Lipinski definition) is 5. The number of allylic oxidation sites excluding steroid dienone is 1. The Balaban J connectivity index is 2.36. The van der Waals surface area contributed by atoms with E-state index in [9.17, 15) is 14.3 Å². The van der Waals surface area contributed by atoms with Gasteiger partial charge in [-0.15, -0.1) is 0 Å². The van der Waals surface area contributed by atoms with Crippen molar-refractivity contribution in [2.45, 2.75) is 32.0 Å². The van der Waals surface area contributed by atoms with E-state index >= 15 is 0 Å². The third kappa shape index (κ3) is 5.16. The van der Waals surface area contributed by atoms with E-state index in [4.69, 9.17) is 14.2 Å². The van der Waals surface area contributed by atoms with Crippen molar-refractivity contribution in [3.05, 3.63) is 60.1 Å². The molecule has 6 heteroatoms. The summed E-state index contributed by atoms with van der Waals surface area (Å²) < 4.78 is 29.8. The topological polar surface area (TPSA) is 65.0 Å². The number of esters is 1. The highest BCUT2D eigenvalue weighted by Gasteiger charge is 2.38. The fourth-order valence-electron chi connectivity index (χ4n) is 3.02. The van der Waals surface area contributed by atoms with Gasteiger partial charge < -0.3 is 19.3 Å². The molecule has 1 heterocycles. The third-order valence-electron chi connectivity index (χ3n) is 4.20. The second kappa shape index (κ2) is 10.1. The Morgan fingerprint density at radius 1 is 1.38 bits per heavy atom. The van der Waals surface area contributed by atoms with Gasteiger partial charge >= 0.3 is 5.97 Å². The maximum Gasteiger partial charge on any atom is 0.373 e. The largest absolute Gasteiger partial charge is 0.457 e. The molecule has 1 aromatic rings. The molecular weight excluding hydrogens is 339 g/mol. The summed E-state index contributed by atoms with van der Waals surface area (Å²) >= 11 is 0. The van der Waals surface area contributed by atoms with Gasteiger partial charge in [-0.05, 0) is 43.5 Å². The minimum absolute atomic E-state index is 0.0451. The third-order valence-corrected chi connectivity index (χ3v) is 4.20. The summed E-state index contributed by atoms with van der Waals surface area (Å²) in [6, 6.07) is 6.13. The van der Waals surface area contributed by atoms with E-state index in [2.05, 4.69) is 6.58 Å². The summed E-state index contributed by atoms with van der Waals surface area (Å²) in [5.41, 5.74) is 0.844. The van der Waals surface area contributed by atoms with Crippen LogP contribution < -0.4 is 0 Å². The number of aliphatic hydroxyl groups excluding tert-OH is 1. The van der Waals surface area contributed by atoms with Gasteiger partial charge in [0.1, 0.15) is 12.4 Å². The number of rotatable bonds is 9. The monoisotopic (exact) mass is 364 g/mol. The first kappa shape index (κ1) is 20.1. The Morgan fingerprint density at radius 3 is 2.73 bits per heavy atom. The molecule has 2 rings (SSSR count). The van der Waals surface area contributed by atoms with Crippen LogP contribution in [-0.2, 0) is 19.0 Å². The average Bonchev–Trinajstić information content (AvgIpc) is 2.65. The highest BCUT2D eigenvalue weighted by atomic mass is 19.1. The molecule has 1 aliphatic rings. The molecule has 26 heavy (non-hydrogen) atoms. The molecule has 0 aromatic heterocycles. The van der Waals surface area contributed by atoms with E-state index in [-0.39, 0.29) is 36.6 Å². The highest BCUT2D eigenvalue weighted by molar-refractivity contribution is 5.86. The molecule has 1 aromatic carbocycles. The van der Waals surface area contributed by atoms with Gasteiger partial charge in [0.25, 0.3) is 0 Å². The summed E-state index contributed by atoms with van der Waals surface area (Å²) in [4.78, 5) is 12.2. The lowest BCUT2D eigenvalue weighted by molar-refractivity contribution is -0.175. The number of carbonyl (C=O) groups is 1. The zero-order chi connectivity index (χ0) is 18.9. The van der Waals surface area contributed by atoms with Crippen LogP contribution in [0, 0.1) is 11.7 Å². The number of halogens is 1. The first-order chi connectivity index (χ1) is 12.6. The van der Waals surface area contributed by atoms with Crippen molar-refractivity contribution in [3.8, 4) is 0 Å². The normalized spacial score (nSPS) is 22.3. The molecule has 0 aliphatic carbocycles. The van der Waals surface area contributed by atoms with Crippen molar-refractivity contribution >= 4 is 5.97 Å². The molecule has 0 fully saturated rings. The van der Waals surface area contributed by atoms with Crippen LogP contribution in [0.25, 0.3) is 0 Å². The Morgan fingerprint density at radius 2 is 2.12 bits per heavy atom. The minimum Gasteiger partial charge on any atom is -0.457 e. The van der Waals surface area contributed by atoms with Crippen molar-refractivity contribution in [3.63, 3.8) is 0 Å². The average molecular weight is 364 g/mol. The lowest BCUT2D eigenvalue weighted by Crippen LogP contribution is -2.36. The summed E-state index contributed by atoms with van der Waals surface area (Å²) in [6.45, 7) is 5.89.